The number of fused-ring (bicyclic) bond motifs is 1. The van der Waals surface area contributed by atoms with Crippen molar-refractivity contribution >= 4 is 17.8 Å². The number of ether oxygens (including phenoxy) is 2. The van der Waals surface area contributed by atoms with Gasteiger partial charge in [-0.3, -0.25) is 14.5 Å². The SMILES string of the molecule is CCOC(=O)N1CCC2(C(=O)OC)CC(=O)CC=C12. The first kappa shape index (κ1) is 13.6. The van der Waals surface area contributed by atoms with Crippen LogP contribution in [0.25, 0.3) is 0 Å². The molecule has 0 radical (unpaired) electrons. The molecule has 0 aromatic carbocycles. The van der Waals surface area contributed by atoms with Gasteiger partial charge in [-0.05, 0) is 13.3 Å². The molecule has 0 N–H and O–H groups in total. The molecule has 0 bridgehead atoms. The number of carbonyl (C=O) groups excluding carboxylic acids is 3. The molecule has 6 nitrogen and oxygen atoms in total. The predicted octanol–water partition coefficient (Wildman–Crippen LogP) is 1.25. The molecule has 1 unspecified atom stereocenters. The Hall–Kier alpha value is -1.85. The van der Waals surface area contributed by atoms with Crippen molar-refractivity contribution in [2.45, 2.75) is 26.2 Å². The van der Waals surface area contributed by atoms with Crippen molar-refractivity contribution in [2.75, 3.05) is 20.3 Å². The van der Waals surface area contributed by atoms with Crippen LogP contribution in [0.2, 0.25) is 0 Å². The minimum absolute atomic E-state index is 0.0140. The summed E-state index contributed by atoms with van der Waals surface area (Å²) >= 11 is 0. The molecule has 0 saturated carbocycles. The first-order valence-electron chi connectivity index (χ1n) is 6.30. The third-order valence-electron chi connectivity index (χ3n) is 3.63. The summed E-state index contributed by atoms with van der Waals surface area (Å²) in [5.74, 6) is -0.474. The van der Waals surface area contributed by atoms with Crippen molar-refractivity contribution in [1.29, 1.82) is 0 Å². The van der Waals surface area contributed by atoms with Gasteiger partial charge in [0.15, 0.2) is 0 Å². The Balaban J connectivity index is 2.35. The highest BCUT2D eigenvalue weighted by Gasteiger charge is 2.54. The molecule has 104 valence electrons. The van der Waals surface area contributed by atoms with Gasteiger partial charge in [0.1, 0.15) is 11.2 Å². The number of Topliss-reactive ketones (excluding diaryl/α,β-unsaturated/α-hetero) is 1. The van der Waals surface area contributed by atoms with Crippen molar-refractivity contribution in [3.05, 3.63) is 11.8 Å². The molecule has 2 aliphatic rings. The van der Waals surface area contributed by atoms with Crippen molar-refractivity contribution in [2.24, 2.45) is 5.41 Å². The number of nitrogens with zero attached hydrogens (tertiary/aromatic N) is 1. The second-order valence-corrected chi connectivity index (χ2v) is 4.68. The standard InChI is InChI=1S/C13H17NO5/c1-3-19-12(17)14-7-6-13(11(16)18-2)8-9(15)4-5-10(13)14/h5H,3-4,6-8H2,1-2H3. The number of hydrogen-bond donors (Lipinski definition) is 0. The average molecular weight is 267 g/mol. The maximum Gasteiger partial charge on any atom is 0.414 e. The number of hydrogen-bond acceptors (Lipinski definition) is 5. The van der Waals surface area contributed by atoms with Crippen molar-refractivity contribution in [1.82, 2.24) is 4.90 Å². The van der Waals surface area contributed by atoms with Gasteiger partial charge in [0.25, 0.3) is 0 Å². The summed E-state index contributed by atoms with van der Waals surface area (Å²) in [7, 11) is 1.29. The Morgan fingerprint density at radius 1 is 1.47 bits per heavy atom. The van der Waals surface area contributed by atoms with E-state index in [0.29, 0.717) is 18.7 Å². The maximum absolute atomic E-state index is 12.0. The maximum atomic E-state index is 12.0. The number of rotatable bonds is 2. The minimum Gasteiger partial charge on any atom is -0.468 e. The first-order chi connectivity index (χ1) is 9.05. The number of amides is 1. The quantitative estimate of drug-likeness (QED) is 0.704. The summed E-state index contributed by atoms with van der Waals surface area (Å²) in [6.07, 6.45) is 1.91. The predicted molar refractivity (Wildman–Crippen MR) is 65.1 cm³/mol. The number of ketones is 1. The zero-order valence-corrected chi connectivity index (χ0v) is 11.1. The fourth-order valence-corrected chi connectivity index (χ4v) is 2.78. The van der Waals surface area contributed by atoms with E-state index in [4.69, 9.17) is 9.47 Å². The Morgan fingerprint density at radius 3 is 2.84 bits per heavy atom. The van der Waals surface area contributed by atoms with Crippen molar-refractivity contribution in [3.63, 3.8) is 0 Å². The third-order valence-corrected chi connectivity index (χ3v) is 3.63. The van der Waals surface area contributed by atoms with E-state index in [9.17, 15) is 14.4 Å². The first-order valence-corrected chi connectivity index (χ1v) is 6.30. The molecule has 1 aliphatic heterocycles. The second-order valence-electron chi connectivity index (χ2n) is 4.68. The molecule has 0 aromatic heterocycles. The lowest BCUT2D eigenvalue weighted by Crippen LogP contribution is -2.39. The fraction of sp³-hybridized carbons (Fsp3) is 0.615. The molecule has 2 rings (SSSR count). The highest BCUT2D eigenvalue weighted by molar-refractivity contribution is 5.93. The summed E-state index contributed by atoms with van der Waals surface area (Å²) in [6.45, 7) is 2.36. The van der Waals surface area contributed by atoms with Crippen LogP contribution in [0, 0.1) is 5.41 Å². The van der Waals surface area contributed by atoms with E-state index in [0.717, 1.165) is 0 Å². The van der Waals surface area contributed by atoms with Crippen LogP contribution in [0.3, 0.4) is 0 Å². The smallest absolute Gasteiger partial charge is 0.414 e. The van der Waals surface area contributed by atoms with E-state index in [1.807, 2.05) is 0 Å². The summed E-state index contributed by atoms with van der Waals surface area (Å²) in [5, 5.41) is 0. The molecule has 1 amide bonds. The highest BCUT2D eigenvalue weighted by Crippen LogP contribution is 2.47. The van der Waals surface area contributed by atoms with Crippen LogP contribution in [0.1, 0.15) is 26.2 Å². The summed E-state index contributed by atoms with van der Waals surface area (Å²) in [6, 6.07) is 0. The number of carbonyl (C=O) groups is 3. The van der Waals surface area contributed by atoms with Gasteiger partial charge >= 0.3 is 12.1 Å². The number of esters is 1. The van der Waals surface area contributed by atoms with Gasteiger partial charge in [-0.15, -0.1) is 0 Å². The molecular weight excluding hydrogens is 250 g/mol. The van der Waals surface area contributed by atoms with Crippen LogP contribution in [0.5, 0.6) is 0 Å². The lowest BCUT2D eigenvalue weighted by Gasteiger charge is -2.31. The van der Waals surface area contributed by atoms with Gasteiger partial charge in [-0.2, -0.15) is 0 Å². The molecule has 1 heterocycles. The van der Waals surface area contributed by atoms with E-state index in [-0.39, 0.29) is 25.2 Å². The molecule has 0 aromatic rings. The van der Waals surface area contributed by atoms with Gasteiger partial charge in [-0.25, -0.2) is 4.79 Å². The summed E-state index contributed by atoms with van der Waals surface area (Å²) < 4.78 is 9.79. The fourth-order valence-electron chi connectivity index (χ4n) is 2.78. The van der Waals surface area contributed by atoms with E-state index in [1.165, 1.54) is 12.0 Å². The molecule has 1 saturated heterocycles. The molecule has 6 heteroatoms. The molecule has 1 atom stereocenters. The Morgan fingerprint density at radius 2 is 2.21 bits per heavy atom. The lowest BCUT2D eigenvalue weighted by atomic mass is 9.75. The number of allylic oxidation sites excluding steroid dienone is 1. The summed E-state index contributed by atoms with van der Waals surface area (Å²) in [4.78, 5) is 37.0. The van der Waals surface area contributed by atoms with Crippen LogP contribution in [-0.2, 0) is 19.1 Å². The van der Waals surface area contributed by atoms with E-state index in [2.05, 4.69) is 0 Å². The molecule has 1 aliphatic carbocycles. The molecule has 19 heavy (non-hydrogen) atoms. The van der Waals surface area contributed by atoms with Crippen LogP contribution in [0.15, 0.2) is 11.8 Å². The number of likely N-dealkylation sites (tertiary alicyclic amines) is 1. The zero-order chi connectivity index (χ0) is 14.0. The Labute approximate surface area is 111 Å². The van der Waals surface area contributed by atoms with Gasteiger partial charge in [-0.1, -0.05) is 6.08 Å². The van der Waals surface area contributed by atoms with Crippen molar-refractivity contribution < 1.29 is 23.9 Å². The lowest BCUT2D eigenvalue weighted by molar-refractivity contribution is -0.152. The molecule has 1 fully saturated rings. The Kier molecular flexibility index (Phi) is 3.59. The third kappa shape index (κ3) is 2.11. The molecule has 0 spiro atoms. The van der Waals surface area contributed by atoms with Crippen LogP contribution in [0.4, 0.5) is 4.79 Å². The Bertz CT molecular complexity index is 456. The van der Waals surface area contributed by atoms with Crippen LogP contribution >= 0.6 is 0 Å². The zero-order valence-electron chi connectivity index (χ0n) is 11.1. The van der Waals surface area contributed by atoms with E-state index >= 15 is 0 Å². The van der Waals surface area contributed by atoms with Gasteiger partial charge in [0, 0.05) is 25.1 Å². The summed E-state index contributed by atoms with van der Waals surface area (Å²) in [5.41, 5.74) is -0.450. The highest BCUT2D eigenvalue weighted by atomic mass is 16.6. The minimum atomic E-state index is -1.00. The van der Waals surface area contributed by atoms with Crippen LogP contribution < -0.4 is 0 Å². The van der Waals surface area contributed by atoms with Gasteiger partial charge in [0.05, 0.1) is 13.7 Å². The number of methoxy groups -OCH3 is 1. The normalized spacial score (nSPS) is 25.7. The van der Waals surface area contributed by atoms with Gasteiger partial charge < -0.3 is 9.47 Å². The molecular formula is C13H17NO5. The topological polar surface area (TPSA) is 72.9 Å². The van der Waals surface area contributed by atoms with Gasteiger partial charge in [0.2, 0.25) is 0 Å². The van der Waals surface area contributed by atoms with Crippen LogP contribution in [-0.4, -0.2) is 43.0 Å². The average Bonchev–Trinajstić information content (AvgIpc) is 2.77. The monoisotopic (exact) mass is 267 g/mol. The van der Waals surface area contributed by atoms with Crippen molar-refractivity contribution in [3.8, 4) is 0 Å². The van der Waals surface area contributed by atoms with E-state index < -0.39 is 17.5 Å². The van der Waals surface area contributed by atoms with E-state index in [1.54, 1.807) is 13.0 Å². The second kappa shape index (κ2) is 5.03. The largest absolute Gasteiger partial charge is 0.468 e.